The summed E-state index contributed by atoms with van der Waals surface area (Å²) in [5.41, 5.74) is -0.597. The van der Waals surface area contributed by atoms with Crippen LogP contribution in [0, 0.1) is 11.7 Å². The number of nitrogens with one attached hydrogen (secondary N) is 3. The molecule has 1 aromatic carbocycles. The normalized spacial score (nSPS) is 23.1. The SMILES string of the molecule is Cn1cc2c(c1C(=O)Nc1ccc(Cl)c(F)c1)OC[C@@H]1CN(C(=O)C(=O)NC3(C)COC3)C[C@@H]1NS2(=O)=O. The molecule has 12 nitrogen and oxygen atoms in total. The summed E-state index contributed by atoms with van der Waals surface area (Å²) in [6.07, 6.45) is 1.24. The van der Waals surface area contributed by atoms with Crippen molar-refractivity contribution in [3.63, 3.8) is 0 Å². The summed E-state index contributed by atoms with van der Waals surface area (Å²) in [6.45, 7) is 2.37. The van der Waals surface area contributed by atoms with Crippen LogP contribution >= 0.6 is 11.6 Å². The lowest BCUT2D eigenvalue weighted by molar-refractivity contribution is -0.150. The van der Waals surface area contributed by atoms with Gasteiger partial charge in [-0.25, -0.2) is 17.5 Å². The van der Waals surface area contributed by atoms with Crippen LogP contribution < -0.4 is 20.1 Å². The molecule has 3 aliphatic heterocycles. The van der Waals surface area contributed by atoms with Crippen LogP contribution in [0.3, 0.4) is 0 Å². The van der Waals surface area contributed by atoms with E-state index >= 15 is 0 Å². The van der Waals surface area contributed by atoms with E-state index in [0.29, 0.717) is 13.2 Å². The number of fused-ring (bicyclic) bond motifs is 2. The molecule has 2 aromatic rings. The number of amides is 3. The van der Waals surface area contributed by atoms with E-state index in [0.717, 1.165) is 6.07 Å². The summed E-state index contributed by atoms with van der Waals surface area (Å²) in [7, 11) is -2.70. The number of sulfonamides is 1. The number of ether oxygens (including phenoxy) is 2. The van der Waals surface area contributed by atoms with E-state index < -0.39 is 51.1 Å². The van der Waals surface area contributed by atoms with Gasteiger partial charge in [0.2, 0.25) is 10.0 Å². The Kier molecular flexibility index (Phi) is 6.62. The average Bonchev–Trinajstić information content (AvgIpc) is 3.37. The van der Waals surface area contributed by atoms with Crippen molar-refractivity contribution in [2.24, 2.45) is 13.0 Å². The fourth-order valence-electron chi connectivity index (χ4n) is 4.68. The molecular formula is C23H25ClFN5O7S. The lowest BCUT2D eigenvalue weighted by Gasteiger charge is -2.38. The molecule has 3 N–H and O–H groups in total. The fraction of sp³-hybridized carbons (Fsp3) is 0.435. The predicted octanol–water partition coefficient (Wildman–Crippen LogP) is 0.473. The highest BCUT2D eigenvalue weighted by Gasteiger charge is 2.44. The van der Waals surface area contributed by atoms with Crippen molar-refractivity contribution < 1.29 is 36.7 Å². The summed E-state index contributed by atoms with van der Waals surface area (Å²) < 4.78 is 55.2. The fourth-order valence-corrected chi connectivity index (χ4v) is 6.29. The second kappa shape index (κ2) is 9.52. The summed E-state index contributed by atoms with van der Waals surface area (Å²) >= 11 is 5.69. The first-order valence-corrected chi connectivity index (χ1v) is 13.5. The molecule has 204 valence electrons. The van der Waals surface area contributed by atoms with Crippen molar-refractivity contribution in [2.45, 2.75) is 23.4 Å². The van der Waals surface area contributed by atoms with Gasteiger partial charge in [0.05, 0.1) is 30.4 Å². The standard InChI is InChI=1S/C23H25ClFN5O7S/c1-23(10-36-11-23)27-21(32)22(33)30-6-12-9-37-19-17(38(34,35)28-16(12)7-30)8-29(2)18(19)20(31)26-13-3-4-14(24)15(25)5-13/h3-5,8,12,16,28H,6-7,9-11H2,1-2H3,(H,26,31)(H,27,32)/t12-,16-/m0/s1. The highest BCUT2D eigenvalue weighted by molar-refractivity contribution is 7.89. The van der Waals surface area contributed by atoms with Crippen molar-refractivity contribution in [2.75, 3.05) is 38.2 Å². The maximum Gasteiger partial charge on any atom is 0.311 e. The maximum absolute atomic E-state index is 13.8. The molecular weight excluding hydrogens is 545 g/mol. The van der Waals surface area contributed by atoms with E-state index in [2.05, 4.69) is 15.4 Å². The van der Waals surface area contributed by atoms with E-state index in [1.165, 1.54) is 34.8 Å². The Labute approximate surface area is 222 Å². The largest absolute Gasteiger partial charge is 0.489 e. The summed E-state index contributed by atoms with van der Waals surface area (Å²) in [4.78, 5) is 39.4. The van der Waals surface area contributed by atoms with Crippen LogP contribution in [0.1, 0.15) is 17.4 Å². The van der Waals surface area contributed by atoms with Crippen molar-refractivity contribution in [1.82, 2.24) is 19.5 Å². The van der Waals surface area contributed by atoms with Crippen LogP contribution in [0.25, 0.3) is 0 Å². The second-order valence-electron chi connectivity index (χ2n) is 9.88. The second-order valence-corrected chi connectivity index (χ2v) is 12.0. The molecule has 3 aliphatic rings. The molecule has 0 spiro atoms. The predicted molar refractivity (Wildman–Crippen MR) is 132 cm³/mol. The van der Waals surface area contributed by atoms with Gasteiger partial charge in [-0.1, -0.05) is 11.6 Å². The number of carbonyl (C=O) groups is 3. The highest BCUT2D eigenvalue weighted by atomic mass is 35.5. The van der Waals surface area contributed by atoms with Crippen molar-refractivity contribution in [3.8, 4) is 5.75 Å². The maximum atomic E-state index is 13.8. The molecule has 0 bridgehead atoms. The number of anilines is 1. The molecule has 0 aliphatic carbocycles. The van der Waals surface area contributed by atoms with Crippen LogP contribution in [0.2, 0.25) is 5.02 Å². The number of benzene rings is 1. The smallest absolute Gasteiger partial charge is 0.311 e. The van der Waals surface area contributed by atoms with Crippen LogP contribution in [0.5, 0.6) is 5.75 Å². The molecule has 5 rings (SSSR count). The minimum Gasteiger partial charge on any atom is -0.489 e. The van der Waals surface area contributed by atoms with Crippen LogP contribution in [0.15, 0.2) is 29.3 Å². The van der Waals surface area contributed by atoms with E-state index in [1.807, 2.05) is 0 Å². The van der Waals surface area contributed by atoms with E-state index in [9.17, 15) is 27.2 Å². The number of hydrogen-bond acceptors (Lipinski definition) is 7. The van der Waals surface area contributed by atoms with Gasteiger partial charge in [-0.2, -0.15) is 0 Å². The first kappa shape index (κ1) is 26.4. The van der Waals surface area contributed by atoms with Gasteiger partial charge < -0.3 is 29.6 Å². The Morgan fingerprint density at radius 3 is 2.63 bits per heavy atom. The zero-order valence-electron chi connectivity index (χ0n) is 20.4. The molecule has 4 heterocycles. The number of rotatable bonds is 3. The Morgan fingerprint density at radius 1 is 1.24 bits per heavy atom. The molecule has 1 aromatic heterocycles. The average molecular weight is 570 g/mol. The Morgan fingerprint density at radius 2 is 1.97 bits per heavy atom. The lowest BCUT2D eigenvalue weighted by Crippen LogP contribution is -2.62. The summed E-state index contributed by atoms with van der Waals surface area (Å²) in [6, 6.07) is 3.01. The van der Waals surface area contributed by atoms with Crippen molar-refractivity contribution in [1.29, 1.82) is 0 Å². The van der Waals surface area contributed by atoms with E-state index in [4.69, 9.17) is 21.1 Å². The van der Waals surface area contributed by atoms with Gasteiger partial charge in [0.1, 0.15) is 10.7 Å². The highest BCUT2D eigenvalue weighted by Crippen LogP contribution is 2.35. The molecule has 15 heteroatoms. The third-order valence-electron chi connectivity index (χ3n) is 6.71. The van der Waals surface area contributed by atoms with Gasteiger partial charge in [0.25, 0.3) is 5.91 Å². The first-order chi connectivity index (χ1) is 17.9. The van der Waals surface area contributed by atoms with Gasteiger partial charge in [0.15, 0.2) is 11.4 Å². The van der Waals surface area contributed by atoms with Crippen LogP contribution in [0.4, 0.5) is 10.1 Å². The van der Waals surface area contributed by atoms with Crippen LogP contribution in [-0.4, -0.2) is 80.1 Å². The monoisotopic (exact) mass is 569 g/mol. The number of likely N-dealkylation sites (tertiary alicyclic amines) is 1. The third kappa shape index (κ3) is 4.84. The molecule has 2 saturated heterocycles. The van der Waals surface area contributed by atoms with Gasteiger partial charge >= 0.3 is 11.8 Å². The molecule has 2 fully saturated rings. The summed E-state index contributed by atoms with van der Waals surface area (Å²) in [5, 5.41) is 5.05. The van der Waals surface area contributed by atoms with Gasteiger partial charge in [-0.15, -0.1) is 0 Å². The number of hydrogen-bond donors (Lipinski definition) is 3. The number of halogens is 2. The van der Waals surface area contributed by atoms with Crippen LogP contribution in [-0.2, 0) is 31.4 Å². The Hall–Kier alpha value is -3.20. The molecule has 38 heavy (non-hydrogen) atoms. The van der Waals surface area contributed by atoms with E-state index in [1.54, 1.807) is 6.92 Å². The number of aromatic nitrogens is 1. The molecule has 0 radical (unpaired) electrons. The van der Waals surface area contributed by atoms with Gasteiger partial charge in [-0.05, 0) is 25.1 Å². The zero-order valence-corrected chi connectivity index (χ0v) is 22.0. The lowest BCUT2D eigenvalue weighted by atomic mass is 10.0. The van der Waals surface area contributed by atoms with Gasteiger partial charge in [-0.3, -0.25) is 14.4 Å². The van der Waals surface area contributed by atoms with Crippen molar-refractivity contribution in [3.05, 3.63) is 40.9 Å². The molecule has 2 atom stereocenters. The van der Waals surface area contributed by atoms with E-state index in [-0.39, 0.29) is 46.7 Å². The van der Waals surface area contributed by atoms with Crippen molar-refractivity contribution >= 4 is 45.0 Å². The van der Waals surface area contributed by atoms with Gasteiger partial charge in [0, 0.05) is 44.0 Å². The molecule has 0 saturated carbocycles. The number of nitrogens with zero attached hydrogens (tertiary/aromatic N) is 2. The number of aryl methyl sites for hydroxylation is 1. The Bertz CT molecular complexity index is 1440. The molecule has 0 unspecified atom stereocenters. The minimum absolute atomic E-state index is 0.0234. The third-order valence-corrected chi connectivity index (χ3v) is 8.50. The minimum atomic E-state index is -4.18. The summed E-state index contributed by atoms with van der Waals surface area (Å²) in [5.74, 6) is -3.70. The Balaban J connectivity index is 1.35. The topological polar surface area (TPSA) is 148 Å². The zero-order chi connectivity index (χ0) is 27.4. The molecule has 3 amide bonds. The quantitative estimate of drug-likeness (QED) is 0.455. The first-order valence-electron chi connectivity index (χ1n) is 11.7. The number of carbonyl (C=O) groups excluding carboxylic acids is 3.